The van der Waals surface area contributed by atoms with E-state index >= 15 is 0 Å². The van der Waals surface area contributed by atoms with E-state index in [-0.39, 0.29) is 23.6 Å². The number of thiophene rings is 1. The van der Waals surface area contributed by atoms with Gasteiger partial charge in [-0.15, -0.1) is 11.3 Å². The molecule has 0 spiro atoms. The van der Waals surface area contributed by atoms with Crippen molar-refractivity contribution in [2.45, 2.75) is 12.5 Å². The molecule has 0 aliphatic carbocycles. The average Bonchev–Trinajstić information content (AvgIpc) is 3.47. The molecule has 8 heteroatoms. The molecule has 1 unspecified atom stereocenters. The van der Waals surface area contributed by atoms with Crippen LogP contribution in [-0.4, -0.2) is 23.2 Å². The lowest BCUT2D eigenvalue weighted by Gasteiger charge is -2.20. The van der Waals surface area contributed by atoms with Crippen molar-refractivity contribution in [2.75, 3.05) is 6.61 Å². The summed E-state index contributed by atoms with van der Waals surface area (Å²) in [6.45, 7) is -0.232. The second kappa shape index (κ2) is 7.89. The predicted octanol–water partition coefficient (Wildman–Crippen LogP) is 4.62. The highest BCUT2D eigenvalue weighted by Crippen LogP contribution is 2.34. The summed E-state index contributed by atoms with van der Waals surface area (Å²) in [6, 6.07) is 13.9. The molecule has 0 saturated heterocycles. The Morgan fingerprint density at radius 1 is 1.39 bits per heavy atom. The molecular weight excluding hydrogens is 398 g/mol. The highest BCUT2D eigenvalue weighted by molar-refractivity contribution is 7.12. The van der Waals surface area contributed by atoms with Gasteiger partial charge in [-0.05, 0) is 41.8 Å². The molecule has 3 heterocycles. The maximum atomic E-state index is 12.8. The monoisotopic (exact) mass is 411 g/mol. The zero-order chi connectivity index (χ0) is 19.5. The minimum Gasteiger partial charge on any atom is -0.482 e. The van der Waals surface area contributed by atoms with E-state index in [4.69, 9.17) is 26.0 Å². The number of ether oxygens (including phenoxy) is 1. The highest BCUT2D eigenvalue weighted by atomic mass is 35.5. The summed E-state index contributed by atoms with van der Waals surface area (Å²) < 4.78 is 11.1. The number of nitrogens with zero attached hydrogens (tertiary/aromatic N) is 3. The Labute approximate surface area is 170 Å². The molecule has 1 atom stereocenters. The maximum absolute atomic E-state index is 12.8. The van der Waals surface area contributed by atoms with Crippen molar-refractivity contribution in [3.63, 3.8) is 0 Å². The first-order valence-electron chi connectivity index (χ1n) is 8.45. The highest BCUT2D eigenvalue weighted by Gasteiger charge is 2.35. The largest absolute Gasteiger partial charge is 0.482 e. The molecule has 4 rings (SSSR count). The summed E-state index contributed by atoms with van der Waals surface area (Å²) in [4.78, 5) is 13.9. The topological polar surface area (TPSA) is 78.8 Å². The van der Waals surface area contributed by atoms with Crippen LogP contribution in [0.1, 0.15) is 28.7 Å². The average molecular weight is 412 g/mol. The van der Waals surface area contributed by atoms with Gasteiger partial charge < -0.3 is 9.15 Å². The van der Waals surface area contributed by atoms with Crippen LogP contribution in [0.25, 0.3) is 0 Å². The second-order valence-electron chi connectivity index (χ2n) is 6.04. The van der Waals surface area contributed by atoms with E-state index in [9.17, 15) is 4.79 Å². The van der Waals surface area contributed by atoms with Gasteiger partial charge in [0.15, 0.2) is 6.61 Å². The Hall–Kier alpha value is -3.08. The van der Waals surface area contributed by atoms with E-state index in [1.165, 1.54) is 11.1 Å². The summed E-state index contributed by atoms with van der Waals surface area (Å²) in [6.07, 6.45) is 2.14. The van der Waals surface area contributed by atoms with Gasteiger partial charge in [0.05, 0.1) is 33.5 Å². The van der Waals surface area contributed by atoms with E-state index in [0.29, 0.717) is 23.5 Å². The molecule has 0 fully saturated rings. The van der Waals surface area contributed by atoms with Crippen LogP contribution in [0.2, 0.25) is 5.02 Å². The van der Waals surface area contributed by atoms with Gasteiger partial charge >= 0.3 is 0 Å². The molecule has 6 nitrogen and oxygen atoms in total. The zero-order valence-corrected chi connectivity index (χ0v) is 16.1. The Bertz CT molecular complexity index is 1060. The summed E-state index contributed by atoms with van der Waals surface area (Å²) >= 11 is 7.68. The number of halogens is 1. The number of nitriles is 1. The molecule has 3 aromatic rings. The number of hydrogen-bond acceptors (Lipinski definition) is 6. The molecule has 0 saturated carbocycles. The van der Waals surface area contributed by atoms with Gasteiger partial charge in [-0.3, -0.25) is 4.79 Å². The number of furan rings is 1. The fourth-order valence-electron chi connectivity index (χ4n) is 2.93. The molecule has 0 N–H and O–H groups in total. The Morgan fingerprint density at radius 3 is 2.96 bits per heavy atom. The summed E-state index contributed by atoms with van der Waals surface area (Å²) in [5.74, 6) is 0.693. The molecule has 1 aliphatic rings. The minimum atomic E-state index is -0.320. The molecule has 0 bridgehead atoms. The normalized spacial score (nSPS) is 15.9. The van der Waals surface area contributed by atoms with Crippen LogP contribution in [0.15, 0.2) is 63.6 Å². The number of amides is 1. The van der Waals surface area contributed by atoms with Crippen molar-refractivity contribution in [1.29, 1.82) is 5.26 Å². The van der Waals surface area contributed by atoms with E-state index in [1.54, 1.807) is 35.8 Å². The van der Waals surface area contributed by atoms with Crippen molar-refractivity contribution in [1.82, 2.24) is 5.01 Å². The summed E-state index contributed by atoms with van der Waals surface area (Å²) in [7, 11) is 0. The molecular formula is C20H14ClN3O3S. The molecule has 140 valence electrons. The lowest BCUT2D eigenvalue weighted by atomic mass is 10.1. The van der Waals surface area contributed by atoms with E-state index < -0.39 is 0 Å². The number of hydrogen-bond donors (Lipinski definition) is 0. The fraction of sp³-hybridized carbons (Fsp3) is 0.150. The standard InChI is InChI=1S/C20H14ClN3O3S/c21-14-9-13(11-22)5-6-17(14)27-12-20(25)24-16(18-3-1-7-26-18)10-15(23-24)19-4-2-8-28-19/h1-9,16H,10,12H2. The number of carbonyl (C=O) groups is 1. The first-order valence-corrected chi connectivity index (χ1v) is 9.70. The van der Waals surface area contributed by atoms with Crippen LogP contribution in [0.5, 0.6) is 5.75 Å². The summed E-state index contributed by atoms with van der Waals surface area (Å²) in [5, 5.41) is 17.1. The minimum absolute atomic E-state index is 0.232. The van der Waals surface area contributed by atoms with Crippen molar-refractivity contribution in [3.05, 3.63) is 75.3 Å². The number of benzene rings is 1. The molecule has 1 aliphatic heterocycles. The van der Waals surface area contributed by atoms with Gasteiger partial charge in [-0.2, -0.15) is 10.4 Å². The Balaban J connectivity index is 1.53. The smallest absolute Gasteiger partial charge is 0.281 e. The number of rotatable bonds is 5. The third-order valence-corrected chi connectivity index (χ3v) is 5.47. The third-order valence-electron chi connectivity index (χ3n) is 4.26. The van der Waals surface area contributed by atoms with Gasteiger partial charge in [-0.1, -0.05) is 17.7 Å². The van der Waals surface area contributed by atoms with Gasteiger partial charge in [0, 0.05) is 6.42 Å². The van der Waals surface area contributed by atoms with Crippen LogP contribution in [0, 0.1) is 11.3 Å². The van der Waals surface area contributed by atoms with Crippen LogP contribution in [-0.2, 0) is 4.79 Å². The quantitative estimate of drug-likeness (QED) is 0.613. The zero-order valence-electron chi connectivity index (χ0n) is 14.5. The second-order valence-corrected chi connectivity index (χ2v) is 7.40. The predicted molar refractivity (Wildman–Crippen MR) is 105 cm³/mol. The van der Waals surface area contributed by atoms with Gasteiger partial charge in [0.2, 0.25) is 0 Å². The number of carbonyl (C=O) groups excluding carboxylic acids is 1. The molecule has 1 aromatic carbocycles. The van der Waals surface area contributed by atoms with Crippen LogP contribution >= 0.6 is 22.9 Å². The summed E-state index contributed by atoms with van der Waals surface area (Å²) in [5.41, 5.74) is 1.26. The SMILES string of the molecule is N#Cc1ccc(OCC(=O)N2N=C(c3cccs3)CC2c2ccco2)c(Cl)c1. The van der Waals surface area contributed by atoms with Crippen molar-refractivity contribution < 1.29 is 13.9 Å². The van der Waals surface area contributed by atoms with E-state index in [1.807, 2.05) is 29.6 Å². The lowest BCUT2D eigenvalue weighted by molar-refractivity contribution is -0.135. The van der Waals surface area contributed by atoms with Gasteiger partial charge in [0.1, 0.15) is 17.6 Å². The van der Waals surface area contributed by atoms with Crippen molar-refractivity contribution >= 4 is 34.6 Å². The fourth-order valence-corrected chi connectivity index (χ4v) is 3.88. The third kappa shape index (κ3) is 3.65. The van der Waals surface area contributed by atoms with Gasteiger partial charge in [-0.25, -0.2) is 5.01 Å². The first kappa shape index (κ1) is 18.3. The van der Waals surface area contributed by atoms with Crippen molar-refractivity contribution in [2.24, 2.45) is 5.10 Å². The first-order chi connectivity index (χ1) is 13.7. The lowest BCUT2D eigenvalue weighted by Crippen LogP contribution is -2.31. The van der Waals surface area contributed by atoms with Crippen LogP contribution in [0.4, 0.5) is 0 Å². The van der Waals surface area contributed by atoms with Crippen molar-refractivity contribution in [3.8, 4) is 11.8 Å². The molecule has 1 amide bonds. The molecule has 28 heavy (non-hydrogen) atoms. The van der Waals surface area contributed by atoms with Crippen LogP contribution in [0.3, 0.4) is 0 Å². The van der Waals surface area contributed by atoms with E-state index in [0.717, 1.165) is 10.6 Å². The molecule has 2 aromatic heterocycles. The Morgan fingerprint density at radius 2 is 2.29 bits per heavy atom. The number of hydrazone groups is 1. The Kier molecular flexibility index (Phi) is 5.15. The van der Waals surface area contributed by atoms with Crippen LogP contribution < -0.4 is 4.74 Å². The van der Waals surface area contributed by atoms with E-state index in [2.05, 4.69) is 5.10 Å². The molecule has 0 radical (unpaired) electrons. The van der Waals surface area contributed by atoms with Gasteiger partial charge in [0.25, 0.3) is 5.91 Å². The maximum Gasteiger partial charge on any atom is 0.281 e.